The van der Waals surface area contributed by atoms with Crippen molar-refractivity contribution in [3.8, 4) is 0 Å². The zero-order valence-corrected chi connectivity index (χ0v) is 32.8. The maximum Gasteiger partial charge on any atom is 0.196 e. The lowest BCUT2D eigenvalue weighted by atomic mass is 9.82. The van der Waals surface area contributed by atoms with E-state index in [0.717, 1.165) is 33.5 Å². The van der Waals surface area contributed by atoms with Crippen molar-refractivity contribution in [2.45, 2.75) is 59.4 Å². The summed E-state index contributed by atoms with van der Waals surface area (Å²) >= 11 is 0. The number of ketones is 2. The second kappa shape index (κ2) is 17.8. The van der Waals surface area contributed by atoms with Crippen LogP contribution < -0.4 is 16.0 Å². The van der Waals surface area contributed by atoms with Gasteiger partial charge < -0.3 is 35.6 Å². The predicted molar refractivity (Wildman–Crippen MR) is 212 cm³/mol. The van der Waals surface area contributed by atoms with Crippen molar-refractivity contribution in [1.29, 1.82) is 0 Å². The molecule has 0 aliphatic heterocycles. The summed E-state index contributed by atoms with van der Waals surface area (Å²) < 4.78 is 38.0. The van der Waals surface area contributed by atoms with E-state index in [1.54, 1.807) is 50.2 Å². The van der Waals surface area contributed by atoms with Crippen LogP contribution >= 0.6 is 0 Å². The first kappa shape index (κ1) is 40.7. The summed E-state index contributed by atoms with van der Waals surface area (Å²) in [5.74, 6) is -0.727. The topological polar surface area (TPSA) is 163 Å². The highest BCUT2D eigenvalue weighted by molar-refractivity contribution is 7.91. The maximum absolute atomic E-state index is 14.4. The van der Waals surface area contributed by atoms with Crippen LogP contribution in [-0.4, -0.2) is 82.1 Å². The summed E-state index contributed by atoms with van der Waals surface area (Å²) in [4.78, 5) is 29.0. The lowest BCUT2D eigenvalue weighted by Crippen LogP contribution is -2.24. The average Bonchev–Trinajstić information content (AvgIpc) is 3.13. The van der Waals surface area contributed by atoms with Crippen LogP contribution in [-0.2, 0) is 25.9 Å². The maximum atomic E-state index is 14.4. The summed E-state index contributed by atoms with van der Waals surface area (Å²) in [5.41, 5.74) is 9.42. The summed E-state index contributed by atoms with van der Waals surface area (Å²) in [6.07, 6.45) is 0.272. The summed E-state index contributed by atoms with van der Waals surface area (Å²) in [7, 11) is -3.72. The van der Waals surface area contributed by atoms with Crippen LogP contribution in [0.2, 0.25) is 0 Å². The number of carbonyl (C=O) groups is 2. The molecule has 11 nitrogen and oxygen atoms in total. The van der Waals surface area contributed by atoms with E-state index in [0.29, 0.717) is 65.6 Å². The van der Waals surface area contributed by atoms with Crippen molar-refractivity contribution in [1.82, 2.24) is 5.32 Å². The Morgan fingerprint density at radius 1 is 0.648 bits per heavy atom. The van der Waals surface area contributed by atoms with Gasteiger partial charge >= 0.3 is 0 Å². The molecular weight excluding hydrogens is 707 g/mol. The van der Waals surface area contributed by atoms with Crippen LogP contribution in [0, 0.1) is 41.5 Å². The number of aryl methyl sites for hydroxylation is 4. The first-order valence-electron chi connectivity index (χ1n) is 18.2. The van der Waals surface area contributed by atoms with Gasteiger partial charge in [-0.15, -0.1) is 0 Å². The molecule has 0 atom stereocenters. The Morgan fingerprint density at radius 2 is 1.17 bits per heavy atom. The standard InChI is InChI=1S/C42H51N3O8S/c1-25-22-26(2)38(29(5)33(25)24-43-14-18-53-20-16-47)44-34-12-13-35(37-36(34)40(48)31-10-7-8-11-32(31)41(37)49)45-39-27(3)23-28(4)42(30(39)6)54(50,51)21-9-17-52-19-15-46/h7-8,10-13,22-23,43-47H,9,14-21,24H2,1-6H3. The van der Waals surface area contributed by atoms with Gasteiger partial charge in [-0.1, -0.05) is 36.4 Å². The monoisotopic (exact) mass is 757 g/mol. The molecule has 5 N–H and O–H groups in total. The second-order valence-corrected chi connectivity index (χ2v) is 15.8. The molecule has 0 heterocycles. The third kappa shape index (κ3) is 8.59. The van der Waals surface area contributed by atoms with E-state index in [1.807, 2.05) is 26.8 Å². The normalized spacial score (nSPS) is 12.5. The van der Waals surface area contributed by atoms with E-state index in [1.165, 1.54) is 0 Å². The van der Waals surface area contributed by atoms with Crippen molar-refractivity contribution < 1.29 is 37.7 Å². The largest absolute Gasteiger partial charge is 0.394 e. The van der Waals surface area contributed by atoms with E-state index in [2.05, 4.69) is 28.9 Å². The third-order valence-corrected chi connectivity index (χ3v) is 11.9. The van der Waals surface area contributed by atoms with E-state index in [9.17, 15) is 18.0 Å². The van der Waals surface area contributed by atoms with Crippen molar-refractivity contribution in [3.05, 3.63) is 110 Å². The van der Waals surface area contributed by atoms with E-state index >= 15 is 0 Å². The second-order valence-electron chi connectivity index (χ2n) is 13.7. The van der Waals surface area contributed by atoms with Gasteiger partial charge in [-0.25, -0.2) is 8.42 Å². The summed E-state index contributed by atoms with van der Waals surface area (Å²) in [6.45, 7) is 13.7. The number of nitrogens with one attached hydrogen (secondary N) is 3. The number of benzene rings is 4. The fourth-order valence-electron chi connectivity index (χ4n) is 7.37. The SMILES string of the molecule is Cc1cc(C)c(Nc2ccc(Nc3c(C)cc(C)c(S(=O)(=O)CCCOCCO)c3C)c3c2C(=O)c2ccccc2C3=O)c(C)c1CNCCOCCO. The minimum absolute atomic E-state index is 0.0214. The predicted octanol–water partition coefficient (Wildman–Crippen LogP) is 6.07. The number of hydrogen-bond acceptors (Lipinski definition) is 11. The molecule has 0 saturated heterocycles. The van der Waals surface area contributed by atoms with Crippen LogP contribution in [0.5, 0.6) is 0 Å². The number of carbonyl (C=O) groups excluding carboxylic acids is 2. The molecule has 288 valence electrons. The van der Waals surface area contributed by atoms with Crippen LogP contribution in [0.25, 0.3) is 0 Å². The molecule has 0 spiro atoms. The number of hydrogen-bond donors (Lipinski definition) is 5. The molecule has 0 amide bonds. The molecule has 0 bridgehead atoms. The van der Waals surface area contributed by atoms with Crippen molar-refractivity contribution in [2.24, 2.45) is 0 Å². The molecule has 4 aromatic rings. The Labute approximate surface area is 318 Å². The van der Waals surface area contributed by atoms with E-state index in [-0.39, 0.29) is 66.2 Å². The van der Waals surface area contributed by atoms with Gasteiger partial charge in [0.15, 0.2) is 21.4 Å². The number of anilines is 4. The van der Waals surface area contributed by atoms with Gasteiger partial charge in [0.05, 0.1) is 66.2 Å². The Balaban J connectivity index is 1.56. The molecule has 0 radical (unpaired) electrons. The molecule has 1 aliphatic rings. The highest BCUT2D eigenvalue weighted by atomic mass is 32.2. The lowest BCUT2D eigenvalue weighted by molar-refractivity contribution is 0.0931. The molecule has 0 aromatic heterocycles. The van der Waals surface area contributed by atoms with Crippen molar-refractivity contribution in [2.75, 3.05) is 62.6 Å². The van der Waals surface area contributed by atoms with E-state index in [4.69, 9.17) is 19.7 Å². The van der Waals surface area contributed by atoms with Gasteiger partial charge in [0.1, 0.15) is 0 Å². The molecule has 54 heavy (non-hydrogen) atoms. The first-order chi connectivity index (χ1) is 25.8. The van der Waals surface area contributed by atoms with Gasteiger partial charge in [0.25, 0.3) is 0 Å². The number of aliphatic hydroxyl groups is 2. The third-order valence-electron chi connectivity index (χ3n) is 9.84. The lowest BCUT2D eigenvalue weighted by Gasteiger charge is -2.26. The fraction of sp³-hybridized carbons (Fsp3) is 0.381. The Hall–Kier alpha value is -4.43. The van der Waals surface area contributed by atoms with Gasteiger partial charge in [-0.2, -0.15) is 0 Å². The molecule has 0 fully saturated rings. The molecule has 0 unspecified atom stereocenters. The minimum atomic E-state index is -3.72. The summed E-state index contributed by atoms with van der Waals surface area (Å²) in [6, 6.07) is 14.3. The first-order valence-corrected chi connectivity index (χ1v) is 19.9. The van der Waals surface area contributed by atoms with Crippen LogP contribution in [0.3, 0.4) is 0 Å². The highest BCUT2D eigenvalue weighted by Crippen LogP contribution is 2.41. The fourth-order valence-corrected chi connectivity index (χ4v) is 9.19. The zero-order chi connectivity index (χ0) is 39.2. The van der Waals surface area contributed by atoms with Gasteiger partial charge in [-0.3, -0.25) is 9.59 Å². The molecule has 4 aromatic carbocycles. The van der Waals surface area contributed by atoms with Crippen LogP contribution in [0.15, 0.2) is 53.4 Å². The Bertz CT molecular complexity index is 2160. The molecule has 0 saturated carbocycles. The number of ether oxygens (including phenoxy) is 2. The highest BCUT2D eigenvalue weighted by Gasteiger charge is 2.35. The Kier molecular flexibility index (Phi) is 13.4. The molecule has 5 rings (SSSR count). The smallest absolute Gasteiger partial charge is 0.196 e. The van der Waals surface area contributed by atoms with Crippen LogP contribution in [0.1, 0.15) is 77.2 Å². The molecular formula is C42H51N3O8S. The van der Waals surface area contributed by atoms with E-state index < -0.39 is 9.84 Å². The van der Waals surface area contributed by atoms with Crippen molar-refractivity contribution in [3.63, 3.8) is 0 Å². The minimum Gasteiger partial charge on any atom is -0.394 e. The van der Waals surface area contributed by atoms with Crippen molar-refractivity contribution >= 4 is 44.2 Å². The number of rotatable bonds is 18. The number of aliphatic hydroxyl groups excluding tert-OH is 2. The number of sulfone groups is 1. The number of fused-ring (bicyclic) bond motifs is 2. The Morgan fingerprint density at radius 3 is 1.72 bits per heavy atom. The van der Waals surface area contributed by atoms with Gasteiger partial charge in [0, 0.05) is 42.2 Å². The van der Waals surface area contributed by atoms with Gasteiger partial charge in [0.2, 0.25) is 0 Å². The molecule has 1 aliphatic carbocycles. The quantitative estimate of drug-likeness (QED) is 0.0660. The average molecular weight is 758 g/mol. The zero-order valence-electron chi connectivity index (χ0n) is 31.9. The van der Waals surface area contributed by atoms with Gasteiger partial charge in [-0.05, 0) is 99.0 Å². The summed E-state index contributed by atoms with van der Waals surface area (Å²) in [5, 5.41) is 28.3. The molecule has 12 heteroatoms. The van der Waals surface area contributed by atoms with Crippen LogP contribution in [0.4, 0.5) is 22.7 Å².